The molecule has 3 aromatic rings. The molecule has 0 aliphatic carbocycles. The summed E-state index contributed by atoms with van der Waals surface area (Å²) in [5.74, 6) is 1.28. The van der Waals surface area contributed by atoms with E-state index in [-0.39, 0.29) is 30.4 Å². The van der Waals surface area contributed by atoms with Crippen LogP contribution in [0.1, 0.15) is 46.4 Å². The molecule has 0 spiro atoms. The molecule has 2 atom stereocenters. The van der Waals surface area contributed by atoms with Gasteiger partial charge in [0, 0.05) is 23.5 Å². The average Bonchev–Trinajstić information content (AvgIpc) is 3.57. The molecule has 34 heavy (non-hydrogen) atoms. The van der Waals surface area contributed by atoms with Gasteiger partial charge >= 0.3 is 0 Å². The zero-order valence-electron chi connectivity index (χ0n) is 19.7. The number of nitrogens with zero attached hydrogens (tertiary/aromatic N) is 2. The molecule has 0 saturated heterocycles. The fourth-order valence-corrected chi connectivity index (χ4v) is 5.77. The number of thiophene rings is 2. The molecule has 2 aromatic heterocycles. The maximum Gasteiger partial charge on any atom is 0.264 e. The number of hydrogen-bond donors (Lipinski definition) is 0. The van der Waals surface area contributed by atoms with E-state index < -0.39 is 0 Å². The summed E-state index contributed by atoms with van der Waals surface area (Å²) in [7, 11) is 1.62. The molecule has 1 aliphatic rings. The monoisotopic (exact) mass is 498 g/mol. The van der Waals surface area contributed by atoms with E-state index in [0.29, 0.717) is 23.8 Å². The number of methoxy groups -OCH3 is 1. The van der Waals surface area contributed by atoms with Crippen molar-refractivity contribution in [1.82, 2.24) is 9.80 Å². The minimum absolute atomic E-state index is 0.0356. The van der Waals surface area contributed by atoms with Crippen molar-refractivity contribution in [2.24, 2.45) is 0 Å². The van der Waals surface area contributed by atoms with Gasteiger partial charge in [-0.15, -0.1) is 22.7 Å². The smallest absolute Gasteiger partial charge is 0.264 e. The summed E-state index contributed by atoms with van der Waals surface area (Å²) in [6.07, 6.45) is 1.60. The van der Waals surface area contributed by atoms with Crippen molar-refractivity contribution in [3.8, 4) is 11.5 Å². The van der Waals surface area contributed by atoms with E-state index in [9.17, 15) is 9.59 Å². The first-order chi connectivity index (χ1) is 16.5. The molecule has 2 amide bonds. The second-order valence-corrected chi connectivity index (χ2v) is 10.3. The lowest BCUT2D eigenvalue weighted by molar-refractivity contribution is -0.136. The SMILES string of the molecule is CC[C@H](C)N(CC(=O)N1CCc2sccc2[C@H]1COc1cccc(OC)c1)C(=O)c1cccs1. The molecule has 180 valence electrons. The van der Waals surface area contributed by atoms with Gasteiger partial charge in [0.25, 0.3) is 5.91 Å². The Morgan fingerprint density at radius 3 is 2.71 bits per heavy atom. The number of amides is 2. The molecule has 1 aliphatic heterocycles. The first-order valence-corrected chi connectivity index (χ1v) is 13.2. The lowest BCUT2D eigenvalue weighted by Crippen LogP contribution is -2.49. The van der Waals surface area contributed by atoms with Crippen LogP contribution in [-0.4, -0.2) is 54.5 Å². The van der Waals surface area contributed by atoms with Gasteiger partial charge in [-0.1, -0.05) is 19.1 Å². The number of carbonyl (C=O) groups excluding carboxylic acids is 2. The van der Waals surface area contributed by atoms with E-state index in [4.69, 9.17) is 9.47 Å². The van der Waals surface area contributed by atoms with Gasteiger partial charge in [0.05, 0.1) is 18.0 Å². The van der Waals surface area contributed by atoms with Gasteiger partial charge in [-0.2, -0.15) is 0 Å². The third kappa shape index (κ3) is 5.28. The second-order valence-electron chi connectivity index (χ2n) is 8.31. The topological polar surface area (TPSA) is 59.1 Å². The number of benzene rings is 1. The van der Waals surface area contributed by atoms with Gasteiger partial charge in [0.1, 0.15) is 24.7 Å². The highest BCUT2D eigenvalue weighted by atomic mass is 32.1. The van der Waals surface area contributed by atoms with Gasteiger partial charge in [-0.3, -0.25) is 9.59 Å². The normalized spacial score (nSPS) is 16.0. The zero-order valence-corrected chi connectivity index (χ0v) is 21.4. The minimum atomic E-state index is -0.204. The highest BCUT2D eigenvalue weighted by molar-refractivity contribution is 7.12. The Labute approximate surface area is 208 Å². The Morgan fingerprint density at radius 2 is 1.97 bits per heavy atom. The van der Waals surface area contributed by atoms with Crippen molar-refractivity contribution in [2.75, 3.05) is 26.8 Å². The number of rotatable bonds is 9. The molecule has 8 heteroatoms. The van der Waals surface area contributed by atoms with Gasteiger partial charge in [0.15, 0.2) is 0 Å². The molecular formula is C26H30N2O4S2. The fourth-order valence-electron chi connectivity index (χ4n) is 4.17. The summed E-state index contributed by atoms with van der Waals surface area (Å²) in [5, 5.41) is 3.96. The number of fused-ring (bicyclic) bond motifs is 1. The molecular weight excluding hydrogens is 468 g/mol. The zero-order chi connectivity index (χ0) is 24.1. The number of ether oxygens (including phenoxy) is 2. The van der Waals surface area contributed by atoms with Crippen LogP contribution in [-0.2, 0) is 11.2 Å². The van der Waals surface area contributed by atoms with Crippen LogP contribution in [0.15, 0.2) is 53.2 Å². The van der Waals surface area contributed by atoms with Gasteiger partial charge in [0.2, 0.25) is 5.91 Å². The Hall–Kier alpha value is -2.84. The standard InChI is InChI=1S/C26H30N2O4S2/c1-4-18(2)28(26(30)24-9-6-13-33-24)16-25(29)27-12-10-23-21(11-14-34-23)22(27)17-32-20-8-5-7-19(15-20)31-3/h5-9,11,13-15,18,22H,4,10,12,16-17H2,1-3H3/t18-,22+/m0/s1. The molecule has 3 heterocycles. The minimum Gasteiger partial charge on any atom is -0.497 e. The molecule has 0 unspecified atom stereocenters. The van der Waals surface area contributed by atoms with Crippen LogP contribution in [0, 0.1) is 0 Å². The Morgan fingerprint density at radius 1 is 1.15 bits per heavy atom. The summed E-state index contributed by atoms with van der Waals surface area (Å²) in [6, 6.07) is 13.0. The molecule has 6 nitrogen and oxygen atoms in total. The molecule has 4 rings (SSSR count). The Bertz CT molecular complexity index is 1110. The number of carbonyl (C=O) groups is 2. The van der Waals surface area contributed by atoms with Crippen molar-refractivity contribution in [1.29, 1.82) is 0 Å². The van der Waals surface area contributed by atoms with Crippen LogP contribution < -0.4 is 9.47 Å². The van der Waals surface area contributed by atoms with Crippen LogP contribution >= 0.6 is 22.7 Å². The van der Waals surface area contributed by atoms with E-state index in [2.05, 4.69) is 11.4 Å². The van der Waals surface area contributed by atoms with Crippen LogP contribution in [0.4, 0.5) is 0 Å². The summed E-state index contributed by atoms with van der Waals surface area (Å²) >= 11 is 3.13. The third-order valence-electron chi connectivity index (χ3n) is 6.29. The molecule has 0 saturated carbocycles. The second kappa shape index (κ2) is 11.1. The van der Waals surface area contributed by atoms with E-state index >= 15 is 0 Å². The quantitative estimate of drug-likeness (QED) is 0.404. The third-order valence-corrected chi connectivity index (χ3v) is 8.14. The van der Waals surface area contributed by atoms with E-state index in [1.807, 2.05) is 60.5 Å². The van der Waals surface area contributed by atoms with Crippen LogP contribution in [0.3, 0.4) is 0 Å². The Balaban J connectivity index is 1.53. The number of hydrogen-bond acceptors (Lipinski definition) is 6. The summed E-state index contributed by atoms with van der Waals surface area (Å²) < 4.78 is 11.4. The predicted octanol–water partition coefficient (Wildman–Crippen LogP) is 5.26. The first-order valence-electron chi connectivity index (χ1n) is 11.5. The van der Waals surface area contributed by atoms with Crippen molar-refractivity contribution in [2.45, 2.75) is 38.8 Å². The highest BCUT2D eigenvalue weighted by Crippen LogP contribution is 2.34. The summed E-state index contributed by atoms with van der Waals surface area (Å²) in [5.41, 5.74) is 1.13. The molecule has 0 N–H and O–H groups in total. The Kier molecular flexibility index (Phi) is 7.90. The summed E-state index contributed by atoms with van der Waals surface area (Å²) in [6.45, 7) is 5.04. The average molecular weight is 499 g/mol. The van der Waals surface area contributed by atoms with E-state index in [1.54, 1.807) is 23.3 Å². The van der Waals surface area contributed by atoms with Crippen LogP contribution in [0.5, 0.6) is 11.5 Å². The lowest BCUT2D eigenvalue weighted by Gasteiger charge is -2.38. The van der Waals surface area contributed by atoms with Crippen molar-refractivity contribution < 1.29 is 19.1 Å². The molecule has 0 fully saturated rings. The molecule has 0 bridgehead atoms. The van der Waals surface area contributed by atoms with Crippen molar-refractivity contribution >= 4 is 34.5 Å². The van der Waals surface area contributed by atoms with Crippen LogP contribution in [0.25, 0.3) is 0 Å². The largest absolute Gasteiger partial charge is 0.497 e. The predicted molar refractivity (Wildman–Crippen MR) is 136 cm³/mol. The lowest BCUT2D eigenvalue weighted by atomic mass is 10.00. The van der Waals surface area contributed by atoms with Gasteiger partial charge in [-0.25, -0.2) is 0 Å². The van der Waals surface area contributed by atoms with Crippen molar-refractivity contribution in [3.05, 3.63) is 68.5 Å². The molecule has 0 radical (unpaired) electrons. The van der Waals surface area contributed by atoms with E-state index in [1.165, 1.54) is 16.2 Å². The first kappa shape index (κ1) is 24.3. The maximum atomic E-state index is 13.6. The van der Waals surface area contributed by atoms with Crippen LogP contribution in [0.2, 0.25) is 0 Å². The fraction of sp³-hybridized carbons (Fsp3) is 0.385. The maximum absolute atomic E-state index is 13.6. The highest BCUT2D eigenvalue weighted by Gasteiger charge is 2.34. The van der Waals surface area contributed by atoms with E-state index in [0.717, 1.165) is 24.2 Å². The molecule has 1 aromatic carbocycles. The van der Waals surface area contributed by atoms with Crippen molar-refractivity contribution in [3.63, 3.8) is 0 Å². The van der Waals surface area contributed by atoms with Gasteiger partial charge < -0.3 is 19.3 Å². The summed E-state index contributed by atoms with van der Waals surface area (Å²) in [4.78, 5) is 32.3. The van der Waals surface area contributed by atoms with Gasteiger partial charge in [-0.05, 0) is 60.4 Å².